The largest absolute Gasteiger partial charge is 0.459 e. The topological polar surface area (TPSA) is 79.6 Å². The van der Waals surface area contributed by atoms with Crippen molar-refractivity contribution in [2.24, 2.45) is 0 Å². The molecule has 2 N–H and O–H groups in total. The summed E-state index contributed by atoms with van der Waals surface area (Å²) in [6.07, 6.45) is 7.94. The second-order valence-corrected chi connectivity index (χ2v) is 9.88. The van der Waals surface area contributed by atoms with Crippen LogP contribution < -0.4 is 20.3 Å². The smallest absolute Gasteiger partial charge is 0.322 e. The van der Waals surface area contributed by atoms with Gasteiger partial charge in [0.15, 0.2) is 5.65 Å². The lowest BCUT2D eigenvalue weighted by Crippen LogP contribution is -2.37. The Kier molecular flexibility index (Phi) is 6.85. The second kappa shape index (κ2) is 10.2. The van der Waals surface area contributed by atoms with Crippen LogP contribution in [0, 0.1) is 0 Å². The molecule has 2 saturated heterocycles. The normalized spacial score (nSPS) is 20.0. The summed E-state index contributed by atoms with van der Waals surface area (Å²) in [6.45, 7) is 10.6. The van der Waals surface area contributed by atoms with Crippen LogP contribution >= 0.6 is 0 Å². The minimum absolute atomic E-state index is 0.0483. The van der Waals surface area contributed by atoms with Gasteiger partial charge in [0.2, 0.25) is 5.95 Å². The van der Waals surface area contributed by atoms with Crippen molar-refractivity contribution in [3.05, 3.63) is 41.6 Å². The van der Waals surface area contributed by atoms with Crippen molar-refractivity contribution < 1.29 is 4.74 Å². The number of nitrogens with zero attached hydrogens (tertiary/aromatic N) is 5. The first-order valence-corrected chi connectivity index (χ1v) is 12.8. The number of benzene rings is 1. The summed E-state index contributed by atoms with van der Waals surface area (Å²) in [5.74, 6) is 0.971. The van der Waals surface area contributed by atoms with E-state index in [-0.39, 0.29) is 12.1 Å². The van der Waals surface area contributed by atoms with E-state index < -0.39 is 0 Å². The lowest BCUT2D eigenvalue weighted by molar-refractivity contribution is 0.153. The summed E-state index contributed by atoms with van der Waals surface area (Å²) < 4.78 is 8.06. The average Bonchev–Trinajstić information content (AvgIpc) is 3.30. The van der Waals surface area contributed by atoms with Gasteiger partial charge in [0.05, 0.1) is 12.2 Å². The standard InChI is InChI=1S/C26H37N7O/c1-18(2)22-17-28-33-24(22)30-26(34-20-10-9-13-27-16-20)31-25(33)29-19(3)21-11-5-6-12-23(21)32-14-7-4-8-15-32/h5-6,11-12,17-20,27H,4,7-10,13-16H2,1-3H3,(H,29,30,31). The van der Waals surface area contributed by atoms with E-state index in [2.05, 4.69) is 65.7 Å². The summed E-state index contributed by atoms with van der Waals surface area (Å²) in [5, 5.41) is 11.7. The molecule has 8 heteroatoms. The zero-order valence-corrected chi connectivity index (χ0v) is 20.6. The third-order valence-corrected chi connectivity index (χ3v) is 6.97. The van der Waals surface area contributed by atoms with E-state index in [1.807, 2.05) is 10.7 Å². The Labute approximate surface area is 202 Å². The fourth-order valence-electron chi connectivity index (χ4n) is 5.05. The molecule has 4 heterocycles. The maximum absolute atomic E-state index is 6.24. The quantitative estimate of drug-likeness (QED) is 0.532. The molecular weight excluding hydrogens is 426 g/mol. The fraction of sp³-hybridized carbons (Fsp3) is 0.577. The van der Waals surface area contributed by atoms with Gasteiger partial charge in [0, 0.05) is 30.9 Å². The third kappa shape index (κ3) is 4.82. The molecule has 5 rings (SSSR count). The first-order chi connectivity index (χ1) is 16.6. The van der Waals surface area contributed by atoms with Crippen LogP contribution in [0.2, 0.25) is 0 Å². The van der Waals surface area contributed by atoms with Gasteiger partial charge in [0.25, 0.3) is 0 Å². The molecule has 2 aliphatic rings. The van der Waals surface area contributed by atoms with Gasteiger partial charge in [-0.2, -0.15) is 19.6 Å². The van der Waals surface area contributed by atoms with Gasteiger partial charge in [-0.15, -0.1) is 0 Å². The van der Waals surface area contributed by atoms with Gasteiger partial charge in [-0.1, -0.05) is 32.0 Å². The van der Waals surface area contributed by atoms with Crippen LogP contribution in [0.1, 0.15) is 76.0 Å². The van der Waals surface area contributed by atoms with E-state index in [0.29, 0.717) is 17.9 Å². The molecule has 2 atom stereocenters. The molecular formula is C26H37N7O. The molecule has 3 aromatic rings. The van der Waals surface area contributed by atoms with Crippen LogP contribution in [0.15, 0.2) is 30.5 Å². The molecule has 2 fully saturated rings. The summed E-state index contributed by atoms with van der Waals surface area (Å²) in [6, 6.07) is 9.17. The molecule has 2 aromatic heterocycles. The number of piperidine rings is 2. The minimum Gasteiger partial charge on any atom is -0.459 e. The molecule has 182 valence electrons. The zero-order valence-electron chi connectivity index (χ0n) is 20.6. The van der Waals surface area contributed by atoms with E-state index in [1.54, 1.807) is 0 Å². The van der Waals surface area contributed by atoms with Gasteiger partial charge < -0.3 is 20.3 Å². The molecule has 0 aliphatic carbocycles. The van der Waals surface area contributed by atoms with Crippen LogP contribution in [-0.4, -0.2) is 51.9 Å². The molecule has 0 amide bonds. The average molecular weight is 464 g/mol. The lowest BCUT2D eigenvalue weighted by Gasteiger charge is -2.32. The summed E-state index contributed by atoms with van der Waals surface area (Å²) in [5.41, 5.74) is 4.48. The zero-order chi connectivity index (χ0) is 23.5. The van der Waals surface area contributed by atoms with Crippen molar-refractivity contribution in [1.82, 2.24) is 24.9 Å². The highest BCUT2D eigenvalue weighted by molar-refractivity contribution is 5.58. The summed E-state index contributed by atoms with van der Waals surface area (Å²) >= 11 is 0. The van der Waals surface area contributed by atoms with E-state index in [4.69, 9.17) is 14.7 Å². The first kappa shape index (κ1) is 22.9. The van der Waals surface area contributed by atoms with E-state index in [0.717, 1.165) is 50.2 Å². The van der Waals surface area contributed by atoms with Crippen molar-refractivity contribution in [1.29, 1.82) is 0 Å². The lowest BCUT2D eigenvalue weighted by atomic mass is 10.0. The number of anilines is 2. The van der Waals surface area contributed by atoms with Crippen molar-refractivity contribution in [2.75, 3.05) is 36.4 Å². The minimum atomic E-state index is 0.0483. The van der Waals surface area contributed by atoms with Crippen LogP contribution in [-0.2, 0) is 0 Å². The highest BCUT2D eigenvalue weighted by Gasteiger charge is 2.22. The van der Waals surface area contributed by atoms with Gasteiger partial charge in [0.1, 0.15) is 6.10 Å². The maximum atomic E-state index is 6.24. The number of hydrogen-bond acceptors (Lipinski definition) is 7. The molecule has 0 spiro atoms. The number of aromatic nitrogens is 4. The van der Waals surface area contributed by atoms with Gasteiger partial charge in [-0.3, -0.25) is 0 Å². The van der Waals surface area contributed by atoms with Crippen LogP contribution in [0.5, 0.6) is 6.01 Å². The molecule has 2 unspecified atom stereocenters. The molecule has 8 nitrogen and oxygen atoms in total. The van der Waals surface area contributed by atoms with Gasteiger partial charge >= 0.3 is 6.01 Å². The molecule has 0 radical (unpaired) electrons. The van der Waals surface area contributed by atoms with Gasteiger partial charge in [-0.05, 0) is 63.1 Å². The molecule has 0 saturated carbocycles. The number of fused-ring (bicyclic) bond motifs is 1. The van der Waals surface area contributed by atoms with Crippen molar-refractivity contribution in [3.8, 4) is 6.01 Å². The third-order valence-electron chi connectivity index (χ3n) is 6.97. The highest BCUT2D eigenvalue weighted by atomic mass is 16.5. The molecule has 0 bridgehead atoms. The van der Waals surface area contributed by atoms with E-state index in [1.165, 1.54) is 30.5 Å². The number of para-hydroxylation sites is 1. The summed E-state index contributed by atoms with van der Waals surface area (Å²) in [7, 11) is 0. The number of rotatable bonds is 7. The van der Waals surface area contributed by atoms with Crippen LogP contribution in [0.4, 0.5) is 11.6 Å². The fourth-order valence-corrected chi connectivity index (χ4v) is 5.05. The van der Waals surface area contributed by atoms with Crippen molar-refractivity contribution >= 4 is 17.3 Å². The SMILES string of the molecule is CC(C)c1cnn2c(NC(C)c3ccccc3N3CCCCC3)nc(OC3CCCNC3)nc12. The van der Waals surface area contributed by atoms with E-state index in [9.17, 15) is 0 Å². The second-order valence-electron chi connectivity index (χ2n) is 9.88. The predicted octanol–water partition coefficient (Wildman–Crippen LogP) is 4.54. The van der Waals surface area contributed by atoms with Crippen molar-refractivity contribution in [2.45, 2.75) is 70.9 Å². The molecule has 2 aliphatic heterocycles. The van der Waals surface area contributed by atoms with Gasteiger partial charge in [-0.25, -0.2) is 0 Å². The molecule has 1 aromatic carbocycles. The Balaban J connectivity index is 1.47. The summed E-state index contributed by atoms with van der Waals surface area (Å²) in [4.78, 5) is 12.1. The maximum Gasteiger partial charge on any atom is 0.322 e. The monoisotopic (exact) mass is 463 g/mol. The van der Waals surface area contributed by atoms with Crippen LogP contribution in [0.3, 0.4) is 0 Å². The number of ether oxygens (including phenoxy) is 1. The Hall–Kier alpha value is -2.87. The Morgan fingerprint density at radius 3 is 2.62 bits per heavy atom. The number of hydrogen-bond donors (Lipinski definition) is 2. The van der Waals surface area contributed by atoms with Crippen molar-refractivity contribution in [3.63, 3.8) is 0 Å². The highest BCUT2D eigenvalue weighted by Crippen LogP contribution is 2.31. The first-order valence-electron chi connectivity index (χ1n) is 12.8. The predicted molar refractivity (Wildman–Crippen MR) is 136 cm³/mol. The van der Waals surface area contributed by atoms with Crippen LogP contribution in [0.25, 0.3) is 5.65 Å². The Morgan fingerprint density at radius 2 is 1.85 bits per heavy atom. The number of nitrogens with one attached hydrogen (secondary N) is 2. The Bertz CT molecular complexity index is 1100. The molecule has 34 heavy (non-hydrogen) atoms. The van der Waals surface area contributed by atoms with E-state index >= 15 is 0 Å². The Morgan fingerprint density at radius 1 is 1.03 bits per heavy atom.